The molecule has 0 bridgehead atoms. The molecule has 1 N–H and O–H groups in total. The highest BCUT2D eigenvalue weighted by Gasteiger charge is 2.05. The normalized spacial score (nSPS) is 10.4. The smallest absolute Gasteiger partial charge is 0.222 e. The number of benzene rings is 1. The number of nitrogens with one attached hydrogen (secondary N) is 1. The van der Waals surface area contributed by atoms with E-state index in [9.17, 15) is 13.6 Å². The molecule has 5 heteroatoms. The summed E-state index contributed by atoms with van der Waals surface area (Å²) in [6.45, 7) is 4.02. The number of carbonyl (C=O) groups excluding carboxylic acids is 1. The molecule has 0 aliphatic heterocycles. The minimum absolute atomic E-state index is 0.0842. The Morgan fingerprint density at radius 1 is 1.29 bits per heavy atom. The Balaban J connectivity index is 2.33. The van der Waals surface area contributed by atoms with E-state index in [0.717, 1.165) is 18.2 Å². The largest absolute Gasteiger partial charge is 0.492 e. The van der Waals surface area contributed by atoms with Crippen LogP contribution in [0.25, 0.3) is 0 Å². The van der Waals surface area contributed by atoms with Crippen LogP contribution in [0, 0.1) is 17.6 Å². The standard InChI is InChI=1S/C12H15F2NO2/c1-8(2)12(16)15-3-4-17-11-6-9(13)5-10(14)7-11/h5-8H,3-4H2,1-2H3,(H,15,16). The van der Waals surface area contributed by atoms with Crippen LogP contribution in [0.15, 0.2) is 18.2 Å². The SMILES string of the molecule is CC(C)C(=O)NCCOc1cc(F)cc(F)c1. The van der Waals surface area contributed by atoms with E-state index in [2.05, 4.69) is 5.32 Å². The van der Waals surface area contributed by atoms with Crippen molar-refractivity contribution in [1.82, 2.24) is 5.32 Å². The van der Waals surface area contributed by atoms with Crippen molar-refractivity contribution < 1.29 is 18.3 Å². The van der Waals surface area contributed by atoms with Gasteiger partial charge in [-0.25, -0.2) is 8.78 Å². The molecule has 1 rings (SSSR count). The van der Waals surface area contributed by atoms with Crippen LogP contribution >= 0.6 is 0 Å². The van der Waals surface area contributed by atoms with E-state index in [1.807, 2.05) is 0 Å². The summed E-state index contributed by atoms with van der Waals surface area (Å²) >= 11 is 0. The van der Waals surface area contributed by atoms with Crippen LogP contribution in [0.3, 0.4) is 0 Å². The van der Waals surface area contributed by atoms with Crippen LogP contribution < -0.4 is 10.1 Å². The van der Waals surface area contributed by atoms with Crippen LogP contribution in [0.4, 0.5) is 8.78 Å². The van der Waals surface area contributed by atoms with Gasteiger partial charge in [0, 0.05) is 24.1 Å². The molecule has 0 fully saturated rings. The molecule has 0 radical (unpaired) electrons. The van der Waals surface area contributed by atoms with Gasteiger partial charge in [0.15, 0.2) is 0 Å². The van der Waals surface area contributed by atoms with E-state index in [1.165, 1.54) is 0 Å². The van der Waals surface area contributed by atoms with Crippen molar-refractivity contribution in [1.29, 1.82) is 0 Å². The molecule has 0 aliphatic rings. The highest BCUT2D eigenvalue weighted by Crippen LogP contribution is 2.14. The fourth-order valence-corrected chi connectivity index (χ4v) is 1.16. The third kappa shape index (κ3) is 4.80. The summed E-state index contributed by atoms with van der Waals surface area (Å²) in [6, 6.07) is 2.95. The highest BCUT2D eigenvalue weighted by atomic mass is 19.1. The van der Waals surface area contributed by atoms with E-state index in [4.69, 9.17) is 4.74 Å². The van der Waals surface area contributed by atoms with Crippen molar-refractivity contribution in [2.45, 2.75) is 13.8 Å². The van der Waals surface area contributed by atoms with Gasteiger partial charge in [0.25, 0.3) is 0 Å². The van der Waals surface area contributed by atoms with Crippen molar-refractivity contribution in [3.05, 3.63) is 29.8 Å². The second kappa shape index (κ2) is 6.18. The first-order valence-corrected chi connectivity index (χ1v) is 5.35. The predicted octanol–water partition coefficient (Wildman–Crippen LogP) is 2.12. The third-order valence-electron chi connectivity index (χ3n) is 2.03. The molecule has 1 aromatic carbocycles. The van der Waals surface area contributed by atoms with Gasteiger partial charge in [-0.1, -0.05) is 13.8 Å². The lowest BCUT2D eigenvalue weighted by atomic mass is 10.2. The molecule has 0 saturated carbocycles. The van der Waals surface area contributed by atoms with Crippen molar-refractivity contribution in [3.8, 4) is 5.75 Å². The molecule has 0 aromatic heterocycles. The van der Waals surface area contributed by atoms with Gasteiger partial charge in [0.05, 0.1) is 6.54 Å². The van der Waals surface area contributed by atoms with Crippen molar-refractivity contribution in [3.63, 3.8) is 0 Å². The van der Waals surface area contributed by atoms with E-state index in [1.54, 1.807) is 13.8 Å². The summed E-state index contributed by atoms with van der Waals surface area (Å²) in [6.07, 6.45) is 0. The van der Waals surface area contributed by atoms with Gasteiger partial charge in [-0.15, -0.1) is 0 Å². The molecule has 0 atom stereocenters. The van der Waals surface area contributed by atoms with Crippen molar-refractivity contribution >= 4 is 5.91 Å². The molecular formula is C12H15F2NO2. The van der Waals surface area contributed by atoms with E-state index in [-0.39, 0.29) is 24.2 Å². The lowest BCUT2D eigenvalue weighted by Crippen LogP contribution is -2.31. The summed E-state index contributed by atoms with van der Waals surface area (Å²) < 4.78 is 30.7. The molecule has 0 unspecified atom stereocenters. The Bertz CT molecular complexity index is 374. The predicted molar refractivity (Wildman–Crippen MR) is 59.7 cm³/mol. The molecule has 0 saturated heterocycles. The number of amides is 1. The summed E-state index contributed by atoms with van der Waals surface area (Å²) in [5.74, 6) is -1.45. The van der Waals surface area contributed by atoms with Crippen LogP contribution in [-0.4, -0.2) is 19.1 Å². The maximum absolute atomic E-state index is 12.8. The van der Waals surface area contributed by atoms with Gasteiger partial charge in [-0.2, -0.15) is 0 Å². The highest BCUT2D eigenvalue weighted by molar-refractivity contribution is 5.77. The first-order chi connectivity index (χ1) is 7.99. The number of carbonyl (C=O) groups is 1. The van der Waals surface area contributed by atoms with Gasteiger partial charge in [-0.05, 0) is 0 Å². The molecule has 17 heavy (non-hydrogen) atoms. The quantitative estimate of drug-likeness (QED) is 0.804. The van der Waals surface area contributed by atoms with Crippen molar-refractivity contribution in [2.75, 3.05) is 13.2 Å². The van der Waals surface area contributed by atoms with E-state index >= 15 is 0 Å². The van der Waals surface area contributed by atoms with Gasteiger partial charge >= 0.3 is 0 Å². The number of hydrogen-bond acceptors (Lipinski definition) is 2. The third-order valence-corrected chi connectivity index (χ3v) is 2.03. The summed E-state index contributed by atoms with van der Waals surface area (Å²) in [4.78, 5) is 11.2. The zero-order valence-corrected chi connectivity index (χ0v) is 9.80. The second-order valence-corrected chi connectivity index (χ2v) is 3.90. The maximum Gasteiger partial charge on any atom is 0.222 e. The van der Waals surface area contributed by atoms with Crippen LogP contribution in [0.2, 0.25) is 0 Å². The fourth-order valence-electron chi connectivity index (χ4n) is 1.16. The molecule has 0 aliphatic carbocycles. The lowest BCUT2D eigenvalue weighted by Gasteiger charge is -2.09. The fraction of sp³-hybridized carbons (Fsp3) is 0.417. The Morgan fingerprint density at radius 2 is 1.88 bits per heavy atom. The Labute approximate surface area is 98.8 Å². The minimum Gasteiger partial charge on any atom is -0.492 e. The zero-order valence-electron chi connectivity index (χ0n) is 9.80. The monoisotopic (exact) mass is 243 g/mol. The zero-order chi connectivity index (χ0) is 12.8. The Hall–Kier alpha value is -1.65. The minimum atomic E-state index is -0.689. The number of halogens is 2. The average molecular weight is 243 g/mol. The summed E-state index contributed by atoms with van der Waals surface area (Å²) in [5.41, 5.74) is 0. The lowest BCUT2D eigenvalue weighted by molar-refractivity contribution is -0.124. The number of hydrogen-bond donors (Lipinski definition) is 1. The Morgan fingerprint density at radius 3 is 2.41 bits per heavy atom. The summed E-state index contributed by atoms with van der Waals surface area (Å²) in [5, 5.41) is 2.63. The molecule has 94 valence electrons. The molecule has 1 aromatic rings. The maximum atomic E-state index is 12.8. The van der Waals surface area contributed by atoms with E-state index in [0.29, 0.717) is 6.54 Å². The van der Waals surface area contributed by atoms with Crippen LogP contribution in [0.1, 0.15) is 13.8 Å². The molecule has 0 spiro atoms. The van der Waals surface area contributed by atoms with Gasteiger partial charge in [-0.3, -0.25) is 4.79 Å². The second-order valence-electron chi connectivity index (χ2n) is 3.90. The van der Waals surface area contributed by atoms with Gasteiger partial charge < -0.3 is 10.1 Å². The first kappa shape index (κ1) is 13.4. The molecule has 1 amide bonds. The average Bonchev–Trinajstić information content (AvgIpc) is 2.22. The van der Waals surface area contributed by atoms with Gasteiger partial charge in [0.2, 0.25) is 5.91 Å². The molecule has 3 nitrogen and oxygen atoms in total. The Kier molecular flexibility index (Phi) is 4.87. The summed E-state index contributed by atoms with van der Waals surface area (Å²) in [7, 11) is 0. The number of ether oxygens (including phenoxy) is 1. The molecule has 0 heterocycles. The molecular weight excluding hydrogens is 228 g/mol. The topological polar surface area (TPSA) is 38.3 Å². The van der Waals surface area contributed by atoms with E-state index < -0.39 is 11.6 Å². The number of rotatable bonds is 5. The van der Waals surface area contributed by atoms with Gasteiger partial charge in [0.1, 0.15) is 24.0 Å². The van der Waals surface area contributed by atoms with Crippen LogP contribution in [0.5, 0.6) is 5.75 Å². The first-order valence-electron chi connectivity index (χ1n) is 5.35. The van der Waals surface area contributed by atoms with Crippen LogP contribution in [-0.2, 0) is 4.79 Å². The van der Waals surface area contributed by atoms with Crippen molar-refractivity contribution in [2.24, 2.45) is 5.92 Å².